The summed E-state index contributed by atoms with van der Waals surface area (Å²) in [5, 5.41) is 6.72. The van der Waals surface area contributed by atoms with E-state index in [1.807, 2.05) is 0 Å². The normalized spacial score (nSPS) is 12.4. The first-order valence-corrected chi connectivity index (χ1v) is 8.43. The van der Waals surface area contributed by atoms with Crippen LogP contribution in [0.4, 0.5) is 5.13 Å². The molecule has 2 rings (SSSR count). The van der Waals surface area contributed by atoms with Crippen molar-refractivity contribution in [3.05, 3.63) is 46.5 Å². The van der Waals surface area contributed by atoms with Crippen LogP contribution in [-0.4, -0.2) is 18.6 Å². The number of nitrogens with zero attached hydrogens (tertiary/aromatic N) is 2. The van der Waals surface area contributed by atoms with Crippen LogP contribution in [0.25, 0.3) is 0 Å². The van der Waals surface area contributed by atoms with E-state index in [0.717, 1.165) is 30.3 Å². The molecule has 0 saturated carbocycles. The summed E-state index contributed by atoms with van der Waals surface area (Å²) in [7, 11) is 2.10. The zero-order valence-corrected chi connectivity index (χ0v) is 14.2. The van der Waals surface area contributed by atoms with Crippen LogP contribution in [0.5, 0.6) is 0 Å². The zero-order chi connectivity index (χ0) is 15.2. The summed E-state index contributed by atoms with van der Waals surface area (Å²) in [6.07, 6.45) is 1.15. The van der Waals surface area contributed by atoms with Crippen molar-refractivity contribution in [1.29, 1.82) is 0 Å². The minimum Gasteiger partial charge on any atom is -0.347 e. The first-order chi connectivity index (χ1) is 10.1. The lowest BCUT2D eigenvalue weighted by molar-refractivity contribution is 0.561. The van der Waals surface area contributed by atoms with Crippen molar-refractivity contribution in [2.24, 2.45) is 0 Å². The third-order valence-electron chi connectivity index (χ3n) is 3.52. The molecule has 0 saturated heterocycles. The van der Waals surface area contributed by atoms with Crippen LogP contribution in [0.3, 0.4) is 0 Å². The Bertz CT molecular complexity index is 547. The van der Waals surface area contributed by atoms with E-state index >= 15 is 0 Å². The van der Waals surface area contributed by atoms with E-state index in [-0.39, 0.29) is 0 Å². The van der Waals surface area contributed by atoms with Gasteiger partial charge < -0.3 is 10.2 Å². The first-order valence-electron chi connectivity index (χ1n) is 7.55. The fourth-order valence-electron chi connectivity index (χ4n) is 2.15. The molecule has 1 aromatic carbocycles. The van der Waals surface area contributed by atoms with Gasteiger partial charge in [0.1, 0.15) is 0 Å². The lowest BCUT2D eigenvalue weighted by Crippen LogP contribution is -2.20. The number of aryl methyl sites for hydroxylation is 1. The maximum atomic E-state index is 4.76. The molecule has 0 bridgehead atoms. The molecule has 1 heterocycles. The molecule has 3 nitrogen and oxygen atoms in total. The van der Waals surface area contributed by atoms with Crippen LogP contribution in [0.1, 0.15) is 43.1 Å². The second-order valence-corrected chi connectivity index (χ2v) is 6.41. The van der Waals surface area contributed by atoms with Crippen LogP contribution >= 0.6 is 11.3 Å². The maximum absolute atomic E-state index is 4.76. The van der Waals surface area contributed by atoms with Gasteiger partial charge >= 0.3 is 0 Å². The van der Waals surface area contributed by atoms with Crippen LogP contribution in [0, 0.1) is 6.92 Å². The van der Waals surface area contributed by atoms with E-state index in [0.29, 0.717) is 6.04 Å². The number of anilines is 1. The summed E-state index contributed by atoms with van der Waals surface area (Å²) < 4.78 is 0. The predicted molar refractivity (Wildman–Crippen MR) is 92.1 cm³/mol. The predicted octanol–water partition coefficient (Wildman–Crippen LogP) is 4.15. The SMILES string of the molecule is CCCNC(C)c1csc(N(C)Cc2ccc(C)cc2)n1. The molecule has 0 fully saturated rings. The molecule has 1 atom stereocenters. The number of hydrogen-bond acceptors (Lipinski definition) is 4. The second kappa shape index (κ2) is 7.57. The van der Waals surface area contributed by atoms with Crippen molar-refractivity contribution in [3.63, 3.8) is 0 Å². The number of benzene rings is 1. The van der Waals surface area contributed by atoms with Gasteiger partial charge in [-0.05, 0) is 32.4 Å². The van der Waals surface area contributed by atoms with Crippen molar-refractivity contribution in [2.45, 2.75) is 39.8 Å². The lowest BCUT2D eigenvalue weighted by atomic mass is 10.1. The van der Waals surface area contributed by atoms with Crippen molar-refractivity contribution >= 4 is 16.5 Å². The van der Waals surface area contributed by atoms with Gasteiger partial charge in [-0.25, -0.2) is 4.98 Å². The fraction of sp³-hybridized carbons (Fsp3) is 0.471. The zero-order valence-electron chi connectivity index (χ0n) is 13.4. The number of thiazole rings is 1. The Kier molecular flexibility index (Phi) is 5.76. The summed E-state index contributed by atoms with van der Waals surface area (Å²) >= 11 is 1.72. The van der Waals surface area contributed by atoms with Crippen LogP contribution in [0.15, 0.2) is 29.6 Å². The Hall–Kier alpha value is -1.39. The molecular weight excluding hydrogens is 278 g/mol. The second-order valence-electron chi connectivity index (χ2n) is 5.57. The fourth-order valence-corrected chi connectivity index (χ4v) is 3.04. The molecule has 0 spiro atoms. The molecular formula is C17H25N3S. The quantitative estimate of drug-likeness (QED) is 0.833. The average molecular weight is 303 g/mol. The molecule has 21 heavy (non-hydrogen) atoms. The summed E-state index contributed by atoms with van der Waals surface area (Å²) in [5.41, 5.74) is 3.75. The minimum absolute atomic E-state index is 0.322. The third kappa shape index (κ3) is 4.55. The van der Waals surface area contributed by atoms with Crippen molar-refractivity contribution in [2.75, 3.05) is 18.5 Å². The van der Waals surface area contributed by atoms with Crippen LogP contribution < -0.4 is 10.2 Å². The third-order valence-corrected chi connectivity index (χ3v) is 4.49. The Morgan fingerprint density at radius 3 is 2.67 bits per heavy atom. The number of nitrogens with one attached hydrogen (secondary N) is 1. The summed E-state index contributed by atoms with van der Waals surface area (Å²) in [4.78, 5) is 6.97. The van der Waals surface area contributed by atoms with E-state index in [1.165, 1.54) is 11.1 Å². The Balaban J connectivity index is 1.98. The molecule has 2 aromatic rings. The molecule has 4 heteroatoms. The van der Waals surface area contributed by atoms with E-state index in [4.69, 9.17) is 4.98 Å². The number of rotatable bonds is 7. The molecule has 0 aliphatic heterocycles. The monoisotopic (exact) mass is 303 g/mol. The molecule has 0 aliphatic rings. The van der Waals surface area contributed by atoms with Gasteiger partial charge in [0.05, 0.1) is 5.69 Å². The van der Waals surface area contributed by atoms with Gasteiger partial charge in [0.2, 0.25) is 0 Å². The average Bonchev–Trinajstić information content (AvgIpc) is 2.97. The van der Waals surface area contributed by atoms with Crippen molar-refractivity contribution in [1.82, 2.24) is 10.3 Å². The standard InChI is InChI=1S/C17H25N3S/c1-5-10-18-14(3)16-12-21-17(19-16)20(4)11-15-8-6-13(2)7-9-15/h6-9,12,14,18H,5,10-11H2,1-4H3. The Labute approximate surface area is 132 Å². The Morgan fingerprint density at radius 2 is 2.00 bits per heavy atom. The smallest absolute Gasteiger partial charge is 0.185 e. The molecule has 0 amide bonds. The Morgan fingerprint density at radius 1 is 1.29 bits per heavy atom. The van der Waals surface area contributed by atoms with Gasteiger partial charge in [0.15, 0.2) is 5.13 Å². The van der Waals surface area contributed by atoms with Gasteiger partial charge in [-0.2, -0.15) is 0 Å². The highest BCUT2D eigenvalue weighted by atomic mass is 32.1. The molecule has 1 aromatic heterocycles. The van der Waals surface area contributed by atoms with E-state index in [9.17, 15) is 0 Å². The number of hydrogen-bond donors (Lipinski definition) is 1. The van der Waals surface area contributed by atoms with Crippen LogP contribution in [-0.2, 0) is 6.54 Å². The largest absolute Gasteiger partial charge is 0.347 e. The summed E-state index contributed by atoms with van der Waals surface area (Å²) in [5.74, 6) is 0. The minimum atomic E-state index is 0.322. The molecule has 0 radical (unpaired) electrons. The van der Waals surface area contributed by atoms with Gasteiger partial charge in [-0.15, -0.1) is 11.3 Å². The summed E-state index contributed by atoms with van der Waals surface area (Å²) in [6.45, 7) is 8.40. The molecule has 114 valence electrons. The van der Waals surface area contributed by atoms with Crippen molar-refractivity contribution in [3.8, 4) is 0 Å². The van der Waals surface area contributed by atoms with E-state index in [1.54, 1.807) is 11.3 Å². The first kappa shape index (κ1) is 16.0. The summed E-state index contributed by atoms with van der Waals surface area (Å²) in [6, 6.07) is 9.01. The highest BCUT2D eigenvalue weighted by Crippen LogP contribution is 2.24. The van der Waals surface area contributed by atoms with Crippen LogP contribution in [0.2, 0.25) is 0 Å². The topological polar surface area (TPSA) is 28.2 Å². The van der Waals surface area contributed by atoms with E-state index in [2.05, 4.69) is 67.7 Å². The molecule has 1 unspecified atom stereocenters. The van der Waals surface area contributed by atoms with Crippen molar-refractivity contribution < 1.29 is 0 Å². The van der Waals surface area contributed by atoms with E-state index < -0.39 is 0 Å². The van der Waals surface area contributed by atoms with Gasteiger partial charge in [-0.1, -0.05) is 36.8 Å². The molecule has 1 N–H and O–H groups in total. The maximum Gasteiger partial charge on any atom is 0.185 e. The molecule has 0 aliphatic carbocycles. The highest BCUT2D eigenvalue weighted by Gasteiger charge is 2.12. The highest BCUT2D eigenvalue weighted by molar-refractivity contribution is 7.13. The van der Waals surface area contributed by atoms with Gasteiger partial charge in [-0.3, -0.25) is 0 Å². The lowest BCUT2D eigenvalue weighted by Gasteiger charge is -2.16. The van der Waals surface area contributed by atoms with Gasteiger partial charge in [0.25, 0.3) is 0 Å². The van der Waals surface area contributed by atoms with Gasteiger partial charge in [0, 0.05) is 25.0 Å². The number of aromatic nitrogens is 1.